The normalized spacial score (nSPS) is 10.1. The van der Waals surface area contributed by atoms with Crippen LogP contribution < -0.4 is 0 Å². The Hall–Kier alpha value is -0.926. The van der Waals surface area contributed by atoms with E-state index in [9.17, 15) is 8.78 Å². The molecule has 1 aromatic carbocycles. The first kappa shape index (κ1) is 14.1. The molecule has 1 nitrogen and oxygen atoms in total. The van der Waals surface area contributed by atoms with Crippen LogP contribution in [0.1, 0.15) is 17.0 Å². The van der Waals surface area contributed by atoms with Crippen molar-refractivity contribution in [2.75, 3.05) is 0 Å². The molecule has 1 aromatic heterocycles. The molecular weight excluding hydrogens is 256 g/mol. The zero-order chi connectivity index (χ0) is 11.7. The van der Waals surface area contributed by atoms with Crippen molar-refractivity contribution < 1.29 is 30.5 Å². The molecule has 0 N–H and O–H groups in total. The van der Waals surface area contributed by atoms with Crippen LogP contribution in [-0.2, 0) is 28.3 Å². The first-order valence-corrected chi connectivity index (χ1v) is 5.06. The van der Waals surface area contributed by atoms with E-state index in [0.717, 1.165) is 11.4 Å². The van der Waals surface area contributed by atoms with Crippen LogP contribution in [-0.4, -0.2) is 4.57 Å². The number of aryl methyl sites for hydroxylation is 2. The number of halogens is 2. The molecule has 0 spiro atoms. The van der Waals surface area contributed by atoms with E-state index in [4.69, 9.17) is 0 Å². The average molecular weight is 268 g/mol. The van der Waals surface area contributed by atoms with Gasteiger partial charge in [0.05, 0.1) is 0 Å². The third kappa shape index (κ3) is 3.27. The molecule has 0 aliphatic carbocycles. The number of benzene rings is 1. The summed E-state index contributed by atoms with van der Waals surface area (Å²) in [5, 5.41) is 0. The molecule has 0 fully saturated rings. The van der Waals surface area contributed by atoms with Gasteiger partial charge in [0.25, 0.3) is 0 Å². The molecule has 17 heavy (non-hydrogen) atoms. The van der Waals surface area contributed by atoms with Crippen molar-refractivity contribution in [1.82, 2.24) is 4.57 Å². The molecule has 0 atom stereocenters. The predicted molar refractivity (Wildman–Crippen MR) is 58.2 cm³/mol. The number of nitrogens with zero attached hydrogens (tertiary/aromatic N) is 1. The van der Waals surface area contributed by atoms with Crippen molar-refractivity contribution in [1.29, 1.82) is 0 Å². The van der Waals surface area contributed by atoms with Crippen LogP contribution in [0, 0.1) is 31.5 Å². The van der Waals surface area contributed by atoms with Gasteiger partial charge < -0.3 is 4.57 Å². The Bertz CT molecular complexity index is 480. The Labute approximate surface area is 114 Å². The van der Waals surface area contributed by atoms with Crippen LogP contribution in [0.3, 0.4) is 0 Å². The van der Waals surface area contributed by atoms with E-state index in [0.29, 0.717) is 12.1 Å². The van der Waals surface area contributed by atoms with E-state index in [1.54, 1.807) is 0 Å². The van der Waals surface area contributed by atoms with Crippen molar-refractivity contribution in [3.63, 3.8) is 0 Å². The summed E-state index contributed by atoms with van der Waals surface area (Å²) in [5.41, 5.74) is 2.76. The summed E-state index contributed by atoms with van der Waals surface area (Å²) in [7, 11) is 0. The van der Waals surface area contributed by atoms with Gasteiger partial charge in [-0.3, -0.25) is 0 Å². The molecule has 4 heteroatoms. The first-order chi connectivity index (χ1) is 7.56. The van der Waals surface area contributed by atoms with Gasteiger partial charge in [-0.1, -0.05) is 0 Å². The van der Waals surface area contributed by atoms with Crippen molar-refractivity contribution in [3.05, 3.63) is 58.9 Å². The summed E-state index contributed by atoms with van der Waals surface area (Å²) < 4.78 is 27.9. The second kappa shape index (κ2) is 5.61. The quantitative estimate of drug-likeness (QED) is 0.582. The second-order valence-corrected chi connectivity index (χ2v) is 3.89. The molecular formula is C13H12F2NTi-. The van der Waals surface area contributed by atoms with Crippen molar-refractivity contribution in [3.8, 4) is 0 Å². The molecule has 2 aromatic rings. The number of hydrogen-bond acceptors (Lipinski definition) is 0. The monoisotopic (exact) mass is 268 g/mol. The van der Waals surface area contributed by atoms with Gasteiger partial charge in [0, 0.05) is 51.3 Å². The topological polar surface area (TPSA) is 4.93 Å². The fraction of sp³-hybridized carbons (Fsp3) is 0.231. The maximum atomic E-state index is 13.0. The number of hydrogen-bond donors (Lipinski definition) is 0. The minimum atomic E-state index is -0.655. The summed E-state index contributed by atoms with van der Waals surface area (Å²) in [6.07, 6.45) is 0. The summed E-state index contributed by atoms with van der Waals surface area (Å²) >= 11 is 0. The zero-order valence-electron chi connectivity index (χ0n) is 9.72. The second-order valence-electron chi connectivity index (χ2n) is 3.89. The molecule has 0 saturated carbocycles. The van der Waals surface area contributed by atoms with E-state index in [1.807, 2.05) is 36.6 Å². The molecule has 0 saturated heterocycles. The zero-order valence-corrected chi connectivity index (χ0v) is 11.3. The third-order valence-corrected chi connectivity index (χ3v) is 2.62. The van der Waals surface area contributed by atoms with Crippen LogP contribution in [0.5, 0.6) is 0 Å². The van der Waals surface area contributed by atoms with Gasteiger partial charge in [0.1, 0.15) is 0 Å². The molecule has 88 valence electrons. The molecule has 1 heterocycles. The first-order valence-electron chi connectivity index (χ1n) is 5.06. The molecule has 0 aliphatic rings. The van der Waals surface area contributed by atoms with Crippen LogP contribution in [0.25, 0.3) is 0 Å². The smallest absolute Gasteiger partial charge is 0.0256 e. The third-order valence-electron chi connectivity index (χ3n) is 2.62. The van der Waals surface area contributed by atoms with Crippen molar-refractivity contribution >= 4 is 0 Å². The van der Waals surface area contributed by atoms with Crippen molar-refractivity contribution in [2.24, 2.45) is 0 Å². The fourth-order valence-corrected chi connectivity index (χ4v) is 1.78. The van der Waals surface area contributed by atoms with Crippen molar-refractivity contribution in [2.45, 2.75) is 20.4 Å². The summed E-state index contributed by atoms with van der Waals surface area (Å²) in [6.45, 7) is 4.41. The number of aromatic nitrogens is 1. The number of rotatable bonds is 2. The largest absolute Gasteiger partial charge is 0.347 e. The van der Waals surface area contributed by atoms with E-state index in [1.165, 1.54) is 12.1 Å². The van der Waals surface area contributed by atoms with Gasteiger partial charge in [0.15, 0.2) is 0 Å². The molecule has 0 bridgehead atoms. The van der Waals surface area contributed by atoms with Gasteiger partial charge in [0.2, 0.25) is 0 Å². The molecule has 0 unspecified atom stereocenters. The Balaban J connectivity index is 0.00000144. The van der Waals surface area contributed by atoms with E-state index in [-0.39, 0.29) is 21.7 Å². The minimum absolute atomic E-state index is 0. The van der Waals surface area contributed by atoms with Crippen LogP contribution in [0.2, 0.25) is 0 Å². The molecule has 0 radical (unpaired) electrons. The minimum Gasteiger partial charge on any atom is -0.347 e. The van der Waals surface area contributed by atoms with Gasteiger partial charge in [-0.15, -0.1) is 23.8 Å². The van der Waals surface area contributed by atoms with Gasteiger partial charge in [-0.25, -0.2) is 8.78 Å². The van der Waals surface area contributed by atoms with Crippen LogP contribution in [0.15, 0.2) is 24.3 Å². The molecule has 0 amide bonds. The van der Waals surface area contributed by atoms with Gasteiger partial charge in [-0.05, 0) is 26.0 Å². The maximum Gasteiger partial charge on any atom is 0.0256 e. The SMILES string of the molecule is Cc1ccc(C)n1Cc1cc(F)[c-]c(F)c1.[Ti]. The Morgan fingerprint density at radius 3 is 2.00 bits per heavy atom. The standard InChI is InChI=1S/C13H12F2N.Ti/c1-9-3-4-10(2)16(9)8-11-5-12(14)7-13(15)6-11;/h3-6H,8H2,1-2H3;/q-1;. The summed E-state index contributed by atoms with van der Waals surface area (Å²) in [4.78, 5) is 0. The van der Waals surface area contributed by atoms with E-state index < -0.39 is 11.6 Å². The van der Waals surface area contributed by atoms with Gasteiger partial charge >= 0.3 is 0 Å². The maximum absolute atomic E-state index is 13.0. The van der Waals surface area contributed by atoms with E-state index >= 15 is 0 Å². The molecule has 0 aliphatic heterocycles. The molecule has 2 rings (SSSR count). The van der Waals surface area contributed by atoms with Crippen LogP contribution >= 0.6 is 0 Å². The predicted octanol–water partition coefficient (Wildman–Crippen LogP) is 3.23. The Morgan fingerprint density at radius 1 is 1.06 bits per heavy atom. The van der Waals surface area contributed by atoms with Gasteiger partial charge in [-0.2, -0.15) is 0 Å². The van der Waals surface area contributed by atoms with Crippen LogP contribution in [0.4, 0.5) is 8.78 Å². The average Bonchev–Trinajstić information content (AvgIpc) is 2.48. The van der Waals surface area contributed by atoms with E-state index in [2.05, 4.69) is 0 Å². The summed E-state index contributed by atoms with van der Waals surface area (Å²) in [5.74, 6) is -1.31. The Kier molecular flexibility index (Phi) is 4.66. The fourth-order valence-electron chi connectivity index (χ4n) is 1.78. The summed E-state index contributed by atoms with van der Waals surface area (Å²) in [6, 6.07) is 8.56. The Morgan fingerprint density at radius 2 is 1.53 bits per heavy atom.